The molecule has 0 fully saturated rings. The number of carboxylic acids is 3. The van der Waals surface area contributed by atoms with E-state index >= 15 is 0 Å². The molecule has 1 aromatic rings. The van der Waals surface area contributed by atoms with Gasteiger partial charge in [-0.3, -0.25) is 4.79 Å². The summed E-state index contributed by atoms with van der Waals surface area (Å²) in [6.07, 6.45) is 0.0753. The van der Waals surface area contributed by atoms with Gasteiger partial charge in [-0.1, -0.05) is 24.3 Å². The van der Waals surface area contributed by atoms with E-state index in [0.717, 1.165) is 24.2 Å². The SMILES string of the molecule is COCCNCc1cccc(CC(=O)O)c1.O=C(O)C(=O)O. The van der Waals surface area contributed by atoms with Gasteiger partial charge in [0.25, 0.3) is 0 Å². The van der Waals surface area contributed by atoms with E-state index in [4.69, 9.17) is 29.6 Å². The molecule has 4 N–H and O–H groups in total. The van der Waals surface area contributed by atoms with Crippen molar-refractivity contribution in [3.8, 4) is 0 Å². The van der Waals surface area contributed by atoms with Gasteiger partial charge < -0.3 is 25.4 Å². The third-order valence-electron chi connectivity index (χ3n) is 2.34. The fourth-order valence-electron chi connectivity index (χ4n) is 1.43. The number of nitrogens with one attached hydrogen (secondary N) is 1. The van der Waals surface area contributed by atoms with Gasteiger partial charge in [0.1, 0.15) is 0 Å². The predicted molar refractivity (Wildman–Crippen MR) is 76.6 cm³/mol. The van der Waals surface area contributed by atoms with Crippen LogP contribution in [-0.4, -0.2) is 53.5 Å². The van der Waals surface area contributed by atoms with Crippen LogP contribution in [0.3, 0.4) is 0 Å². The summed E-state index contributed by atoms with van der Waals surface area (Å²) >= 11 is 0. The molecule has 0 saturated heterocycles. The van der Waals surface area contributed by atoms with Crippen LogP contribution in [0.4, 0.5) is 0 Å². The van der Waals surface area contributed by atoms with Crippen molar-refractivity contribution in [3.05, 3.63) is 35.4 Å². The molecule has 22 heavy (non-hydrogen) atoms. The Labute approximate surface area is 127 Å². The van der Waals surface area contributed by atoms with Crippen molar-refractivity contribution in [2.45, 2.75) is 13.0 Å². The lowest BCUT2D eigenvalue weighted by Gasteiger charge is -2.05. The zero-order valence-corrected chi connectivity index (χ0v) is 12.1. The minimum atomic E-state index is -1.82. The van der Waals surface area contributed by atoms with Gasteiger partial charge in [0.05, 0.1) is 13.0 Å². The molecule has 0 aliphatic rings. The lowest BCUT2D eigenvalue weighted by molar-refractivity contribution is -0.159. The van der Waals surface area contributed by atoms with Crippen molar-refractivity contribution < 1.29 is 34.4 Å². The molecule has 0 bridgehead atoms. The molecule has 0 unspecified atom stereocenters. The summed E-state index contributed by atoms with van der Waals surface area (Å²) in [4.78, 5) is 28.7. The molecule has 1 rings (SSSR count). The van der Waals surface area contributed by atoms with Crippen molar-refractivity contribution in [2.24, 2.45) is 0 Å². The van der Waals surface area contributed by atoms with Gasteiger partial charge in [0, 0.05) is 20.2 Å². The van der Waals surface area contributed by atoms with Crippen LogP contribution < -0.4 is 5.32 Å². The van der Waals surface area contributed by atoms with Gasteiger partial charge in [-0.15, -0.1) is 0 Å². The number of hydrogen-bond acceptors (Lipinski definition) is 5. The molecule has 0 heterocycles. The number of aliphatic carboxylic acids is 3. The number of ether oxygens (including phenoxy) is 1. The molecule has 0 spiro atoms. The van der Waals surface area contributed by atoms with Crippen molar-refractivity contribution in [1.82, 2.24) is 5.32 Å². The Bertz CT molecular complexity index is 490. The molecule has 8 heteroatoms. The molecule has 0 aliphatic heterocycles. The van der Waals surface area contributed by atoms with Crippen LogP contribution >= 0.6 is 0 Å². The molecule has 1 aromatic carbocycles. The molecular formula is C14H19NO7. The molecule has 8 nitrogen and oxygen atoms in total. The van der Waals surface area contributed by atoms with Crippen molar-refractivity contribution >= 4 is 17.9 Å². The number of hydrogen-bond donors (Lipinski definition) is 4. The first kappa shape index (κ1) is 19.6. The van der Waals surface area contributed by atoms with E-state index in [1.165, 1.54) is 0 Å². The highest BCUT2D eigenvalue weighted by Crippen LogP contribution is 2.05. The maximum Gasteiger partial charge on any atom is 0.414 e. The summed E-state index contributed by atoms with van der Waals surface area (Å²) in [6.45, 7) is 2.20. The predicted octanol–water partition coefficient (Wildman–Crippen LogP) is 0.205. The first-order valence-corrected chi connectivity index (χ1v) is 6.32. The molecule has 0 aromatic heterocycles. The van der Waals surface area contributed by atoms with Gasteiger partial charge in [0.15, 0.2) is 0 Å². The van der Waals surface area contributed by atoms with Gasteiger partial charge in [-0.2, -0.15) is 0 Å². The Morgan fingerprint density at radius 1 is 1.09 bits per heavy atom. The Morgan fingerprint density at radius 3 is 2.18 bits per heavy atom. The number of carbonyl (C=O) groups is 3. The van der Waals surface area contributed by atoms with Crippen molar-refractivity contribution in [1.29, 1.82) is 0 Å². The second-order valence-corrected chi connectivity index (χ2v) is 4.17. The second-order valence-electron chi connectivity index (χ2n) is 4.17. The topological polar surface area (TPSA) is 133 Å². The minimum Gasteiger partial charge on any atom is -0.481 e. The van der Waals surface area contributed by atoms with Crippen LogP contribution in [0.1, 0.15) is 11.1 Å². The molecule has 0 saturated carbocycles. The van der Waals surface area contributed by atoms with Crippen LogP contribution in [0.2, 0.25) is 0 Å². The Kier molecular flexibility index (Phi) is 9.98. The average Bonchev–Trinajstić information content (AvgIpc) is 2.44. The standard InChI is InChI=1S/C12H17NO3.C2H2O4/c1-16-6-5-13-9-11-4-2-3-10(7-11)8-12(14)15;3-1(4)2(5)6/h2-4,7,13H,5-6,8-9H2,1H3,(H,14,15);(H,3,4)(H,5,6). The van der Waals surface area contributed by atoms with E-state index in [0.29, 0.717) is 6.61 Å². The van der Waals surface area contributed by atoms with E-state index < -0.39 is 17.9 Å². The summed E-state index contributed by atoms with van der Waals surface area (Å²) in [6, 6.07) is 7.59. The van der Waals surface area contributed by atoms with Crippen molar-refractivity contribution in [3.63, 3.8) is 0 Å². The maximum atomic E-state index is 10.5. The van der Waals surface area contributed by atoms with Crippen LogP contribution in [0.5, 0.6) is 0 Å². The highest BCUT2D eigenvalue weighted by molar-refractivity contribution is 6.27. The summed E-state index contributed by atoms with van der Waals surface area (Å²) in [5.41, 5.74) is 1.92. The maximum absolute atomic E-state index is 10.5. The van der Waals surface area contributed by atoms with Crippen LogP contribution in [0.25, 0.3) is 0 Å². The van der Waals surface area contributed by atoms with Crippen molar-refractivity contribution in [2.75, 3.05) is 20.3 Å². The number of carboxylic acid groups (broad SMARTS) is 3. The lowest BCUT2D eigenvalue weighted by atomic mass is 10.1. The quantitative estimate of drug-likeness (QED) is 0.414. The third-order valence-corrected chi connectivity index (χ3v) is 2.34. The summed E-state index contributed by atoms with van der Waals surface area (Å²) in [5, 5.41) is 26.7. The van der Waals surface area contributed by atoms with Crippen LogP contribution in [0, 0.1) is 0 Å². The molecule has 122 valence electrons. The molecular weight excluding hydrogens is 294 g/mol. The van der Waals surface area contributed by atoms with E-state index in [9.17, 15) is 4.79 Å². The van der Waals surface area contributed by atoms with E-state index in [-0.39, 0.29) is 6.42 Å². The van der Waals surface area contributed by atoms with Crippen LogP contribution in [-0.2, 0) is 32.1 Å². The highest BCUT2D eigenvalue weighted by atomic mass is 16.5. The highest BCUT2D eigenvalue weighted by Gasteiger charge is 2.04. The zero-order chi connectivity index (χ0) is 17.0. The first-order valence-electron chi connectivity index (χ1n) is 6.32. The first-order chi connectivity index (χ1) is 10.4. The van der Waals surface area contributed by atoms with E-state index in [2.05, 4.69) is 5.32 Å². The third kappa shape index (κ3) is 10.4. The van der Waals surface area contributed by atoms with Gasteiger partial charge in [-0.25, -0.2) is 9.59 Å². The Balaban J connectivity index is 0.000000626. The smallest absolute Gasteiger partial charge is 0.414 e. The van der Waals surface area contributed by atoms with E-state index in [1.807, 2.05) is 24.3 Å². The number of rotatable bonds is 7. The fourth-order valence-corrected chi connectivity index (χ4v) is 1.43. The monoisotopic (exact) mass is 313 g/mol. The largest absolute Gasteiger partial charge is 0.481 e. The number of benzene rings is 1. The molecule has 0 aliphatic carbocycles. The second kappa shape index (κ2) is 11.2. The Hall–Kier alpha value is -2.45. The fraction of sp³-hybridized carbons (Fsp3) is 0.357. The van der Waals surface area contributed by atoms with Gasteiger partial charge in [0.2, 0.25) is 0 Å². The zero-order valence-electron chi connectivity index (χ0n) is 12.1. The van der Waals surface area contributed by atoms with Gasteiger partial charge in [-0.05, 0) is 11.1 Å². The average molecular weight is 313 g/mol. The van der Waals surface area contributed by atoms with Gasteiger partial charge >= 0.3 is 17.9 Å². The summed E-state index contributed by atoms with van der Waals surface area (Å²) in [5.74, 6) is -4.45. The molecule has 0 atom stereocenters. The summed E-state index contributed by atoms with van der Waals surface area (Å²) < 4.78 is 4.92. The molecule has 0 radical (unpaired) electrons. The van der Waals surface area contributed by atoms with E-state index in [1.54, 1.807) is 7.11 Å². The van der Waals surface area contributed by atoms with Crippen LogP contribution in [0.15, 0.2) is 24.3 Å². The molecule has 0 amide bonds. The normalized spacial score (nSPS) is 9.50. The lowest BCUT2D eigenvalue weighted by Crippen LogP contribution is -2.18. The Morgan fingerprint density at radius 2 is 1.68 bits per heavy atom. The summed E-state index contributed by atoms with van der Waals surface area (Å²) in [7, 11) is 1.66. The minimum absolute atomic E-state index is 0.0753. The number of methoxy groups -OCH3 is 1.